The number of nitrogens with zero attached hydrogens (tertiary/aromatic N) is 8. The summed E-state index contributed by atoms with van der Waals surface area (Å²) in [6.45, 7) is 0.458. The number of hydrogen-bond acceptors (Lipinski definition) is 7. The van der Waals surface area contributed by atoms with Gasteiger partial charge in [0.1, 0.15) is 29.4 Å². The maximum absolute atomic E-state index is 15.6. The Morgan fingerprint density at radius 3 is 2.73 bits per heavy atom. The molecule has 0 unspecified atom stereocenters. The third kappa shape index (κ3) is 3.75. The molecule has 6 rings (SSSR count). The van der Waals surface area contributed by atoms with E-state index in [4.69, 9.17) is 16.0 Å². The van der Waals surface area contributed by atoms with Gasteiger partial charge in [-0.2, -0.15) is 5.26 Å². The van der Waals surface area contributed by atoms with E-state index < -0.39 is 17.8 Å². The highest BCUT2D eigenvalue weighted by atomic mass is 19.1. The van der Waals surface area contributed by atoms with Crippen LogP contribution in [0, 0.1) is 23.0 Å². The van der Waals surface area contributed by atoms with E-state index >= 15 is 4.39 Å². The Hall–Kier alpha value is -4.50. The summed E-state index contributed by atoms with van der Waals surface area (Å²) < 4.78 is 47.7. The van der Waals surface area contributed by atoms with Crippen molar-refractivity contribution in [2.45, 2.75) is 18.6 Å². The van der Waals surface area contributed by atoms with Crippen molar-refractivity contribution >= 4 is 22.5 Å². The molecule has 5 aromatic rings. The van der Waals surface area contributed by atoms with Crippen molar-refractivity contribution in [2.24, 2.45) is 12.8 Å². The molecule has 0 bridgehead atoms. The Kier molecular flexibility index (Phi) is 5.31. The fraction of sp³-hybridized carbons (Fsp3) is 0.240. The summed E-state index contributed by atoms with van der Waals surface area (Å²) >= 11 is 0. The van der Waals surface area contributed by atoms with Crippen LogP contribution in [0.1, 0.15) is 12.0 Å². The highest BCUT2D eigenvalue weighted by Crippen LogP contribution is 2.38. The van der Waals surface area contributed by atoms with Gasteiger partial charge in [0.15, 0.2) is 11.5 Å². The van der Waals surface area contributed by atoms with Gasteiger partial charge in [0, 0.05) is 49.2 Å². The van der Waals surface area contributed by atoms with Gasteiger partial charge in [0.2, 0.25) is 0 Å². The third-order valence-corrected chi connectivity index (χ3v) is 6.57. The minimum absolute atomic E-state index is 0.0866. The number of imidazole rings is 1. The summed E-state index contributed by atoms with van der Waals surface area (Å²) in [5, 5.41) is 17.2. The summed E-state index contributed by atoms with van der Waals surface area (Å²) in [4.78, 5) is 10.9. The molecule has 9 nitrogen and oxygen atoms in total. The normalized spacial score (nSPS) is 18.0. The van der Waals surface area contributed by atoms with Crippen LogP contribution in [-0.4, -0.2) is 54.7 Å². The molecule has 1 saturated heterocycles. The van der Waals surface area contributed by atoms with Crippen molar-refractivity contribution in [1.82, 2.24) is 29.4 Å². The minimum Gasteiger partial charge on any atom is -0.349 e. The number of alkyl halides is 1. The molecule has 0 spiro atoms. The fourth-order valence-electron chi connectivity index (χ4n) is 4.88. The van der Waals surface area contributed by atoms with Crippen LogP contribution in [-0.2, 0) is 7.05 Å². The summed E-state index contributed by atoms with van der Waals surface area (Å²) in [5.74, 6) is -0.909. The van der Waals surface area contributed by atoms with E-state index in [-0.39, 0.29) is 35.8 Å². The number of piperidine rings is 1. The van der Waals surface area contributed by atoms with Crippen LogP contribution < -0.4 is 10.6 Å². The van der Waals surface area contributed by atoms with Crippen LogP contribution in [0.2, 0.25) is 0 Å². The van der Waals surface area contributed by atoms with Gasteiger partial charge >= 0.3 is 0 Å². The van der Waals surface area contributed by atoms with E-state index in [1.165, 1.54) is 29.1 Å². The zero-order chi connectivity index (χ0) is 25.8. The minimum atomic E-state index is -1.14. The summed E-state index contributed by atoms with van der Waals surface area (Å²) in [6, 6.07) is 8.37. The Labute approximate surface area is 208 Å². The lowest BCUT2D eigenvalue weighted by Gasteiger charge is -2.33. The molecule has 37 heavy (non-hydrogen) atoms. The molecule has 186 valence electrons. The number of nitriles is 1. The monoisotopic (exact) mass is 503 g/mol. The number of anilines is 1. The second-order valence-corrected chi connectivity index (χ2v) is 9.09. The first-order valence-corrected chi connectivity index (χ1v) is 11.5. The second kappa shape index (κ2) is 8.56. The van der Waals surface area contributed by atoms with Crippen molar-refractivity contribution in [3.05, 3.63) is 59.9 Å². The summed E-state index contributed by atoms with van der Waals surface area (Å²) in [5.41, 5.74) is 8.31. The van der Waals surface area contributed by atoms with E-state index in [9.17, 15) is 8.78 Å². The van der Waals surface area contributed by atoms with Gasteiger partial charge in [-0.25, -0.2) is 27.8 Å². The van der Waals surface area contributed by atoms with Crippen LogP contribution in [0.25, 0.3) is 39.2 Å². The Bertz CT molecular complexity index is 1710. The summed E-state index contributed by atoms with van der Waals surface area (Å²) in [6.07, 6.45) is 2.24. The maximum Gasteiger partial charge on any atom is 0.181 e. The van der Waals surface area contributed by atoms with Crippen molar-refractivity contribution in [2.75, 3.05) is 18.0 Å². The first-order chi connectivity index (χ1) is 17.8. The quantitative estimate of drug-likeness (QED) is 0.402. The molecule has 0 aliphatic carbocycles. The number of aromatic nitrogens is 6. The second-order valence-electron chi connectivity index (χ2n) is 9.09. The van der Waals surface area contributed by atoms with Crippen molar-refractivity contribution in [1.29, 1.82) is 5.26 Å². The van der Waals surface area contributed by atoms with Crippen LogP contribution in [0.15, 0.2) is 42.7 Å². The van der Waals surface area contributed by atoms with Crippen LogP contribution in [0.4, 0.5) is 19.0 Å². The van der Waals surface area contributed by atoms with Gasteiger partial charge in [-0.05, 0) is 24.6 Å². The Balaban J connectivity index is 1.64. The molecule has 1 aliphatic heterocycles. The molecule has 12 heteroatoms. The maximum atomic E-state index is 15.6. The molecule has 2 aromatic carbocycles. The lowest BCUT2D eigenvalue weighted by atomic mass is 10.0. The predicted octanol–water partition coefficient (Wildman–Crippen LogP) is 3.37. The molecular weight excluding hydrogens is 483 g/mol. The number of fused-ring (bicyclic) bond motifs is 2. The van der Waals surface area contributed by atoms with E-state index in [1.54, 1.807) is 40.7 Å². The van der Waals surface area contributed by atoms with Gasteiger partial charge in [0.05, 0.1) is 29.0 Å². The van der Waals surface area contributed by atoms with E-state index in [1.807, 2.05) is 0 Å². The Morgan fingerprint density at radius 2 is 1.97 bits per heavy atom. The third-order valence-electron chi connectivity index (χ3n) is 6.57. The van der Waals surface area contributed by atoms with Gasteiger partial charge < -0.3 is 10.6 Å². The summed E-state index contributed by atoms with van der Waals surface area (Å²) in [7, 11) is 1.66. The molecule has 0 radical (unpaired) electrons. The number of nitrogens with two attached hydrogens (primary N) is 1. The van der Waals surface area contributed by atoms with Crippen molar-refractivity contribution in [3.8, 4) is 28.6 Å². The SMILES string of the molecule is Cn1nnc2cc(-c3c(-c4ccc(C#N)c(F)c4)nc4c(N5C[C@H](N)C[C@@H](F)C5)nccn34)c(F)cc21. The lowest BCUT2D eigenvalue weighted by molar-refractivity contribution is 0.268. The standard InChI is InChI=1S/C25H20F3N9/c1-35-21-9-19(28)17(8-20(21)33-34-35)23-22(13-2-3-14(10-29)18(27)6-13)32-25-24(31-4-5-37(23)25)36-11-15(26)7-16(30)12-36/h2-6,8-9,15-16H,7,11-12,30H2,1H3/t15-,16-/m1/s1. The van der Waals surface area contributed by atoms with Gasteiger partial charge in [-0.15, -0.1) is 5.10 Å². The molecule has 0 amide bonds. The average Bonchev–Trinajstić information content (AvgIpc) is 3.43. The van der Waals surface area contributed by atoms with Crippen molar-refractivity contribution in [3.63, 3.8) is 0 Å². The predicted molar refractivity (Wildman–Crippen MR) is 130 cm³/mol. The van der Waals surface area contributed by atoms with E-state index in [2.05, 4.69) is 15.3 Å². The topological polar surface area (TPSA) is 114 Å². The van der Waals surface area contributed by atoms with Gasteiger partial charge in [-0.1, -0.05) is 11.3 Å². The highest BCUT2D eigenvalue weighted by molar-refractivity contribution is 5.89. The van der Waals surface area contributed by atoms with Crippen LogP contribution in [0.3, 0.4) is 0 Å². The molecule has 2 atom stereocenters. The van der Waals surface area contributed by atoms with E-state index in [0.29, 0.717) is 40.3 Å². The molecular formula is C25H20F3N9. The molecule has 1 fully saturated rings. The number of hydrogen-bond donors (Lipinski definition) is 1. The molecule has 0 saturated carbocycles. The number of aryl methyl sites for hydroxylation is 1. The zero-order valence-corrected chi connectivity index (χ0v) is 19.6. The molecule has 1 aliphatic rings. The first kappa shape index (κ1) is 22.9. The van der Waals surface area contributed by atoms with Gasteiger partial charge in [-0.3, -0.25) is 4.40 Å². The Morgan fingerprint density at radius 1 is 1.14 bits per heavy atom. The zero-order valence-electron chi connectivity index (χ0n) is 19.6. The van der Waals surface area contributed by atoms with Crippen molar-refractivity contribution < 1.29 is 13.2 Å². The van der Waals surface area contributed by atoms with Crippen LogP contribution in [0.5, 0.6) is 0 Å². The van der Waals surface area contributed by atoms with Gasteiger partial charge in [0.25, 0.3) is 0 Å². The molecule has 4 heterocycles. The van der Waals surface area contributed by atoms with E-state index in [0.717, 1.165) is 0 Å². The molecule has 3 aromatic heterocycles. The first-order valence-electron chi connectivity index (χ1n) is 11.5. The average molecular weight is 503 g/mol. The fourth-order valence-corrected chi connectivity index (χ4v) is 4.88. The highest BCUT2D eigenvalue weighted by Gasteiger charge is 2.29. The number of benzene rings is 2. The smallest absolute Gasteiger partial charge is 0.181 e. The number of halogens is 3. The molecule has 2 N–H and O–H groups in total. The van der Waals surface area contributed by atoms with Crippen LogP contribution >= 0.6 is 0 Å². The lowest BCUT2D eigenvalue weighted by Crippen LogP contribution is -2.48. The number of rotatable bonds is 3. The largest absolute Gasteiger partial charge is 0.349 e.